The Morgan fingerprint density at radius 1 is 0.700 bits per heavy atom. The van der Waals surface area contributed by atoms with Crippen LogP contribution in [0, 0.1) is 0 Å². The highest BCUT2D eigenvalue weighted by atomic mass is 32.3. The molecule has 0 aliphatic heterocycles. The first-order valence-corrected chi connectivity index (χ1v) is 12.4. The fourth-order valence-corrected chi connectivity index (χ4v) is 2.99. The maximum Gasteiger partial charge on any atom is 0.397 e. The highest BCUT2D eigenvalue weighted by Crippen LogP contribution is 2.15. The summed E-state index contributed by atoms with van der Waals surface area (Å²) in [6.45, 7) is 7.48. The SMILES string of the molecule is CC(C)=CCCC(C)=CCCC(=CCCC(C)=CCOS(=O)(=O)O)COS(=O)(=O)O. The highest BCUT2D eigenvalue weighted by Gasteiger charge is 2.07. The minimum atomic E-state index is -4.52. The first-order valence-electron chi connectivity index (χ1n) is 9.64. The summed E-state index contributed by atoms with van der Waals surface area (Å²) in [6, 6.07) is 0. The lowest BCUT2D eigenvalue weighted by molar-refractivity contribution is 0.287. The zero-order valence-electron chi connectivity index (χ0n) is 18.1. The van der Waals surface area contributed by atoms with Crippen LogP contribution in [0.1, 0.15) is 66.2 Å². The van der Waals surface area contributed by atoms with E-state index in [-0.39, 0.29) is 13.2 Å². The molecule has 0 aromatic heterocycles. The molecule has 0 amide bonds. The van der Waals surface area contributed by atoms with Crippen molar-refractivity contribution < 1.29 is 34.3 Å². The van der Waals surface area contributed by atoms with Crippen LogP contribution in [0.15, 0.2) is 46.6 Å². The molecule has 0 saturated carbocycles. The molecule has 0 fully saturated rings. The second-order valence-electron chi connectivity index (χ2n) is 7.26. The van der Waals surface area contributed by atoms with Gasteiger partial charge in [0.25, 0.3) is 0 Å². The first-order chi connectivity index (χ1) is 13.8. The molecule has 0 unspecified atom stereocenters. The van der Waals surface area contributed by atoms with Crippen LogP contribution in [0.2, 0.25) is 0 Å². The Hall–Kier alpha value is -1.30. The van der Waals surface area contributed by atoms with Gasteiger partial charge in [-0.25, -0.2) is 8.37 Å². The number of hydrogen-bond acceptors (Lipinski definition) is 6. The first kappa shape index (κ1) is 28.7. The van der Waals surface area contributed by atoms with Gasteiger partial charge in [0.2, 0.25) is 0 Å². The molecule has 0 radical (unpaired) electrons. The van der Waals surface area contributed by atoms with Gasteiger partial charge in [-0.1, -0.05) is 41.0 Å². The third-order valence-electron chi connectivity index (χ3n) is 4.06. The van der Waals surface area contributed by atoms with Gasteiger partial charge < -0.3 is 0 Å². The van der Waals surface area contributed by atoms with E-state index in [1.54, 1.807) is 6.92 Å². The van der Waals surface area contributed by atoms with Crippen LogP contribution in [-0.4, -0.2) is 39.2 Å². The van der Waals surface area contributed by atoms with Gasteiger partial charge in [-0.05, 0) is 71.8 Å². The molecule has 0 aromatic carbocycles. The maximum absolute atomic E-state index is 10.9. The van der Waals surface area contributed by atoms with Crippen molar-refractivity contribution >= 4 is 20.8 Å². The second-order valence-corrected chi connectivity index (χ2v) is 9.45. The topological polar surface area (TPSA) is 127 Å². The quantitative estimate of drug-likeness (QED) is 0.261. The molecule has 0 rings (SSSR count). The van der Waals surface area contributed by atoms with Gasteiger partial charge in [-0.2, -0.15) is 16.8 Å². The van der Waals surface area contributed by atoms with E-state index in [9.17, 15) is 16.8 Å². The monoisotopic (exact) mass is 466 g/mol. The van der Waals surface area contributed by atoms with Crippen LogP contribution in [0.5, 0.6) is 0 Å². The summed E-state index contributed by atoms with van der Waals surface area (Å²) in [6.07, 6.45) is 12.1. The molecule has 0 aromatic rings. The zero-order valence-corrected chi connectivity index (χ0v) is 19.8. The van der Waals surface area contributed by atoms with E-state index in [0.717, 1.165) is 30.4 Å². The third-order valence-corrected chi connectivity index (χ3v) is 4.91. The Morgan fingerprint density at radius 3 is 1.73 bits per heavy atom. The molecular formula is C20H34O8S2. The molecule has 0 aliphatic rings. The average Bonchev–Trinajstić information content (AvgIpc) is 2.57. The molecule has 174 valence electrons. The van der Waals surface area contributed by atoms with Crippen molar-refractivity contribution in [3.8, 4) is 0 Å². The molecule has 30 heavy (non-hydrogen) atoms. The lowest BCUT2D eigenvalue weighted by Gasteiger charge is -2.07. The second kappa shape index (κ2) is 14.7. The van der Waals surface area contributed by atoms with Crippen LogP contribution >= 0.6 is 0 Å². The minimum Gasteiger partial charge on any atom is -0.264 e. The van der Waals surface area contributed by atoms with E-state index in [1.165, 1.54) is 17.2 Å². The van der Waals surface area contributed by atoms with Crippen molar-refractivity contribution in [1.29, 1.82) is 0 Å². The van der Waals surface area contributed by atoms with E-state index >= 15 is 0 Å². The summed E-state index contributed by atoms with van der Waals surface area (Å²) in [5.74, 6) is 0. The molecule has 10 heteroatoms. The van der Waals surface area contributed by atoms with Crippen molar-refractivity contribution in [2.24, 2.45) is 0 Å². The lowest BCUT2D eigenvalue weighted by Crippen LogP contribution is -2.07. The molecule has 0 saturated heterocycles. The van der Waals surface area contributed by atoms with Crippen LogP contribution in [-0.2, 0) is 29.2 Å². The van der Waals surface area contributed by atoms with Crippen molar-refractivity contribution in [2.75, 3.05) is 13.2 Å². The van der Waals surface area contributed by atoms with E-state index < -0.39 is 20.8 Å². The van der Waals surface area contributed by atoms with Crippen molar-refractivity contribution in [2.45, 2.75) is 66.2 Å². The molecule has 2 N–H and O–H groups in total. The van der Waals surface area contributed by atoms with Crippen molar-refractivity contribution in [1.82, 2.24) is 0 Å². The maximum atomic E-state index is 10.9. The van der Waals surface area contributed by atoms with Gasteiger partial charge in [-0.3, -0.25) is 9.11 Å². The number of rotatable bonds is 15. The Balaban J connectivity index is 4.75. The standard InChI is InChI=1S/C20H34O8S2/c1-17(2)8-5-9-18(3)10-6-12-20(16-28-30(24,25)26)13-7-11-19(4)14-15-27-29(21,22)23/h8,10,13-14H,5-7,9,11-12,15-16H2,1-4H3,(H,21,22,23)(H,24,25,26). The molecule has 0 aliphatic carbocycles. The molecular weight excluding hydrogens is 432 g/mol. The van der Waals surface area contributed by atoms with E-state index in [2.05, 4.69) is 41.3 Å². The summed E-state index contributed by atoms with van der Waals surface area (Å²) >= 11 is 0. The van der Waals surface area contributed by atoms with Crippen LogP contribution in [0.3, 0.4) is 0 Å². The molecule has 0 heterocycles. The normalized spacial score (nSPS) is 14.1. The fraction of sp³-hybridized carbons (Fsp3) is 0.600. The number of hydrogen-bond donors (Lipinski definition) is 2. The van der Waals surface area contributed by atoms with E-state index in [1.807, 2.05) is 6.08 Å². The highest BCUT2D eigenvalue weighted by molar-refractivity contribution is 7.81. The Morgan fingerprint density at radius 2 is 1.20 bits per heavy atom. The minimum absolute atomic E-state index is 0.224. The lowest BCUT2D eigenvalue weighted by atomic mass is 10.0. The Labute approximate surface area is 181 Å². The smallest absolute Gasteiger partial charge is 0.264 e. The largest absolute Gasteiger partial charge is 0.397 e. The van der Waals surface area contributed by atoms with Crippen molar-refractivity contribution in [3.05, 3.63) is 46.6 Å². The summed E-state index contributed by atoms with van der Waals surface area (Å²) < 4.78 is 68.8. The van der Waals surface area contributed by atoms with Gasteiger partial charge in [0, 0.05) is 0 Å². The van der Waals surface area contributed by atoms with Gasteiger partial charge in [0.15, 0.2) is 0 Å². The van der Waals surface area contributed by atoms with Crippen LogP contribution < -0.4 is 0 Å². The summed E-state index contributed by atoms with van der Waals surface area (Å²) in [7, 11) is -8.98. The molecule has 0 bridgehead atoms. The zero-order chi connectivity index (χ0) is 23.2. The van der Waals surface area contributed by atoms with Gasteiger partial charge in [-0.15, -0.1) is 0 Å². The van der Waals surface area contributed by atoms with Gasteiger partial charge in [0.05, 0.1) is 13.2 Å². The molecule has 0 spiro atoms. The Bertz CT molecular complexity index is 843. The summed E-state index contributed by atoms with van der Waals surface area (Å²) in [4.78, 5) is 0. The van der Waals surface area contributed by atoms with Gasteiger partial charge in [0.1, 0.15) is 0 Å². The molecule has 0 atom stereocenters. The van der Waals surface area contributed by atoms with E-state index in [0.29, 0.717) is 19.3 Å². The molecule has 8 nitrogen and oxygen atoms in total. The fourth-order valence-electron chi connectivity index (χ4n) is 2.45. The summed E-state index contributed by atoms with van der Waals surface area (Å²) in [5.41, 5.74) is 4.12. The van der Waals surface area contributed by atoms with E-state index in [4.69, 9.17) is 9.11 Å². The average molecular weight is 467 g/mol. The predicted molar refractivity (Wildman–Crippen MR) is 118 cm³/mol. The van der Waals surface area contributed by atoms with Gasteiger partial charge >= 0.3 is 20.8 Å². The predicted octanol–water partition coefficient (Wildman–Crippen LogP) is 4.75. The summed E-state index contributed by atoms with van der Waals surface area (Å²) in [5, 5.41) is 0. The third kappa shape index (κ3) is 20.0. The van der Waals surface area contributed by atoms with Crippen LogP contribution in [0.4, 0.5) is 0 Å². The number of allylic oxidation sites excluding steroid dienone is 6. The Kier molecular flexibility index (Phi) is 14.0. The van der Waals surface area contributed by atoms with Crippen molar-refractivity contribution in [3.63, 3.8) is 0 Å². The van der Waals surface area contributed by atoms with Crippen LogP contribution in [0.25, 0.3) is 0 Å².